The Bertz CT molecular complexity index is 679. The summed E-state index contributed by atoms with van der Waals surface area (Å²) in [5.41, 5.74) is 6.75. The van der Waals surface area contributed by atoms with E-state index in [0.717, 1.165) is 22.3 Å². The Kier molecular flexibility index (Phi) is 4.01. The molecule has 0 heterocycles. The summed E-state index contributed by atoms with van der Waals surface area (Å²) in [6.07, 6.45) is 0. The minimum absolute atomic E-state index is 0.0196. The highest BCUT2D eigenvalue weighted by atomic mass is 35.5. The molecule has 0 unspecified atom stereocenters. The lowest BCUT2D eigenvalue weighted by Crippen LogP contribution is -2.10. The maximum absolute atomic E-state index is 12.9. The molecule has 2 aromatic rings. The van der Waals surface area contributed by atoms with Crippen LogP contribution in [0.5, 0.6) is 0 Å². The first-order chi connectivity index (χ1) is 9.34. The van der Waals surface area contributed by atoms with E-state index in [2.05, 4.69) is 19.9 Å². The summed E-state index contributed by atoms with van der Waals surface area (Å²) in [6.45, 7) is 10.0. The summed E-state index contributed by atoms with van der Waals surface area (Å²) < 4.78 is 0. The molecule has 0 bridgehead atoms. The Hall–Kier alpha value is -1.60. The average Bonchev–Trinajstić information content (AvgIpc) is 2.36. The van der Waals surface area contributed by atoms with Gasteiger partial charge >= 0.3 is 0 Å². The van der Waals surface area contributed by atoms with Crippen LogP contribution in [0.2, 0.25) is 5.02 Å². The van der Waals surface area contributed by atoms with E-state index in [9.17, 15) is 4.79 Å². The third-order valence-electron chi connectivity index (χ3n) is 4.03. The standard InChI is InChI=1S/C18H19ClO/c1-10-7-6-8-15(19)17(10)18(20)16-12(3)9-11(2)13(4)14(16)5/h6-9H,1-5H3. The zero-order chi connectivity index (χ0) is 15.0. The molecule has 0 aliphatic rings. The van der Waals surface area contributed by atoms with Gasteiger partial charge in [0.05, 0.1) is 5.02 Å². The van der Waals surface area contributed by atoms with E-state index >= 15 is 0 Å². The zero-order valence-corrected chi connectivity index (χ0v) is 13.4. The van der Waals surface area contributed by atoms with Crippen molar-refractivity contribution in [2.75, 3.05) is 0 Å². The van der Waals surface area contributed by atoms with E-state index in [1.807, 2.05) is 32.9 Å². The van der Waals surface area contributed by atoms with Crippen molar-refractivity contribution in [3.05, 3.63) is 68.2 Å². The predicted molar refractivity (Wildman–Crippen MR) is 85.0 cm³/mol. The van der Waals surface area contributed by atoms with Gasteiger partial charge in [0.25, 0.3) is 0 Å². The summed E-state index contributed by atoms with van der Waals surface area (Å²) in [5, 5.41) is 0.520. The number of halogens is 1. The van der Waals surface area contributed by atoms with Crippen molar-refractivity contribution < 1.29 is 4.79 Å². The number of rotatable bonds is 2. The predicted octanol–water partition coefficient (Wildman–Crippen LogP) is 5.11. The van der Waals surface area contributed by atoms with Gasteiger partial charge in [-0.05, 0) is 68.5 Å². The van der Waals surface area contributed by atoms with Crippen molar-refractivity contribution in [2.45, 2.75) is 34.6 Å². The summed E-state index contributed by atoms with van der Waals surface area (Å²) >= 11 is 6.23. The summed E-state index contributed by atoms with van der Waals surface area (Å²) in [4.78, 5) is 12.9. The minimum atomic E-state index is 0.0196. The number of carbonyl (C=O) groups excluding carboxylic acids is 1. The summed E-state index contributed by atoms with van der Waals surface area (Å²) in [6, 6.07) is 7.63. The van der Waals surface area contributed by atoms with Gasteiger partial charge in [0.2, 0.25) is 0 Å². The zero-order valence-electron chi connectivity index (χ0n) is 12.6. The number of benzene rings is 2. The summed E-state index contributed by atoms with van der Waals surface area (Å²) in [7, 11) is 0. The first-order valence-electron chi connectivity index (χ1n) is 6.71. The van der Waals surface area contributed by atoms with E-state index in [4.69, 9.17) is 11.6 Å². The van der Waals surface area contributed by atoms with Gasteiger partial charge in [-0.25, -0.2) is 0 Å². The third-order valence-corrected chi connectivity index (χ3v) is 4.35. The van der Waals surface area contributed by atoms with Crippen LogP contribution in [-0.2, 0) is 0 Å². The maximum Gasteiger partial charge on any atom is 0.195 e. The fraction of sp³-hybridized carbons (Fsp3) is 0.278. The van der Waals surface area contributed by atoms with Gasteiger partial charge in [0.1, 0.15) is 0 Å². The molecule has 2 heteroatoms. The lowest BCUT2D eigenvalue weighted by Gasteiger charge is -2.15. The van der Waals surface area contributed by atoms with E-state index in [1.54, 1.807) is 6.07 Å². The second kappa shape index (κ2) is 5.41. The van der Waals surface area contributed by atoms with Crippen molar-refractivity contribution in [3.8, 4) is 0 Å². The molecule has 0 aliphatic heterocycles. The Morgan fingerprint density at radius 2 is 1.50 bits per heavy atom. The smallest absolute Gasteiger partial charge is 0.195 e. The van der Waals surface area contributed by atoms with Crippen molar-refractivity contribution in [3.63, 3.8) is 0 Å². The largest absolute Gasteiger partial charge is 0.289 e. The fourth-order valence-corrected chi connectivity index (χ4v) is 2.99. The minimum Gasteiger partial charge on any atom is -0.289 e. The molecule has 2 rings (SSSR count). The molecule has 0 radical (unpaired) electrons. The number of ketones is 1. The summed E-state index contributed by atoms with van der Waals surface area (Å²) in [5.74, 6) is 0.0196. The van der Waals surface area contributed by atoms with Crippen LogP contribution < -0.4 is 0 Å². The first kappa shape index (κ1) is 14.8. The van der Waals surface area contributed by atoms with Gasteiger partial charge in [-0.1, -0.05) is 29.8 Å². The molecule has 0 amide bonds. The Balaban J connectivity index is 2.70. The second-order valence-corrected chi connectivity index (χ2v) is 5.80. The first-order valence-corrected chi connectivity index (χ1v) is 7.09. The van der Waals surface area contributed by atoms with Crippen molar-refractivity contribution in [1.29, 1.82) is 0 Å². The van der Waals surface area contributed by atoms with Crippen LogP contribution in [0.15, 0.2) is 24.3 Å². The number of aryl methyl sites for hydroxylation is 3. The lowest BCUT2D eigenvalue weighted by atomic mass is 9.88. The monoisotopic (exact) mass is 286 g/mol. The van der Waals surface area contributed by atoms with Crippen molar-refractivity contribution >= 4 is 17.4 Å². The van der Waals surface area contributed by atoms with Crippen LogP contribution in [0.1, 0.15) is 43.7 Å². The van der Waals surface area contributed by atoms with Gasteiger partial charge < -0.3 is 0 Å². The molecular weight excluding hydrogens is 268 g/mol. The van der Waals surface area contributed by atoms with Gasteiger partial charge in [-0.15, -0.1) is 0 Å². The molecule has 0 N–H and O–H groups in total. The molecule has 104 valence electrons. The van der Waals surface area contributed by atoms with Crippen LogP contribution in [0.25, 0.3) is 0 Å². The Morgan fingerprint density at radius 3 is 2.10 bits per heavy atom. The molecule has 20 heavy (non-hydrogen) atoms. The van der Waals surface area contributed by atoms with Crippen LogP contribution in [0.4, 0.5) is 0 Å². The SMILES string of the molecule is Cc1cc(C)c(C(=O)c2c(C)cccc2Cl)c(C)c1C. The highest BCUT2D eigenvalue weighted by Crippen LogP contribution is 2.28. The molecular formula is C18H19ClO. The van der Waals surface area contributed by atoms with E-state index < -0.39 is 0 Å². The van der Waals surface area contributed by atoms with E-state index in [1.165, 1.54) is 11.1 Å². The van der Waals surface area contributed by atoms with Gasteiger partial charge in [0.15, 0.2) is 5.78 Å². The van der Waals surface area contributed by atoms with Gasteiger partial charge in [0, 0.05) is 11.1 Å². The fourth-order valence-electron chi connectivity index (χ4n) is 2.68. The van der Waals surface area contributed by atoms with Gasteiger partial charge in [-0.3, -0.25) is 4.79 Å². The highest BCUT2D eigenvalue weighted by Gasteiger charge is 2.20. The molecule has 0 spiro atoms. The molecule has 0 aromatic heterocycles. The van der Waals surface area contributed by atoms with E-state index in [-0.39, 0.29) is 5.78 Å². The average molecular weight is 287 g/mol. The molecule has 0 fully saturated rings. The normalized spacial score (nSPS) is 10.7. The molecule has 2 aromatic carbocycles. The molecule has 0 saturated heterocycles. The molecule has 0 atom stereocenters. The van der Waals surface area contributed by atoms with E-state index in [0.29, 0.717) is 10.6 Å². The lowest BCUT2D eigenvalue weighted by molar-refractivity contribution is 0.103. The Labute approximate surface area is 125 Å². The quantitative estimate of drug-likeness (QED) is 0.701. The van der Waals surface area contributed by atoms with Gasteiger partial charge in [-0.2, -0.15) is 0 Å². The van der Waals surface area contributed by atoms with Crippen molar-refractivity contribution in [2.24, 2.45) is 0 Å². The van der Waals surface area contributed by atoms with Crippen LogP contribution in [-0.4, -0.2) is 5.78 Å². The van der Waals surface area contributed by atoms with Crippen LogP contribution in [0.3, 0.4) is 0 Å². The van der Waals surface area contributed by atoms with Crippen LogP contribution >= 0.6 is 11.6 Å². The number of hydrogen-bond acceptors (Lipinski definition) is 1. The number of hydrogen-bond donors (Lipinski definition) is 0. The topological polar surface area (TPSA) is 17.1 Å². The molecule has 1 nitrogen and oxygen atoms in total. The third kappa shape index (κ3) is 2.38. The highest BCUT2D eigenvalue weighted by molar-refractivity contribution is 6.35. The maximum atomic E-state index is 12.9. The molecule has 0 saturated carbocycles. The Morgan fingerprint density at radius 1 is 0.850 bits per heavy atom. The number of carbonyl (C=O) groups is 1. The van der Waals surface area contributed by atoms with Crippen molar-refractivity contribution in [1.82, 2.24) is 0 Å². The second-order valence-electron chi connectivity index (χ2n) is 5.40. The molecule has 0 aliphatic carbocycles. The van der Waals surface area contributed by atoms with Crippen LogP contribution in [0, 0.1) is 34.6 Å².